The van der Waals surface area contributed by atoms with Crippen molar-refractivity contribution in [1.82, 2.24) is 15.1 Å². The molecule has 1 aliphatic heterocycles. The number of methoxy groups -OCH3 is 1. The Balaban J connectivity index is 0.00000420. The zero-order chi connectivity index (χ0) is 20.6. The molecule has 1 amide bonds. The first-order valence-corrected chi connectivity index (χ1v) is 10.9. The number of carbonyl (C=O) groups is 1. The summed E-state index contributed by atoms with van der Waals surface area (Å²) in [6, 6.07) is 0.253. The average molecular weight is 524 g/mol. The van der Waals surface area contributed by atoms with Gasteiger partial charge in [-0.15, -0.1) is 24.0 Å². The Morgan fingerprint density at radius 1 is 1.21 bits per heavy atom. The predicted octanol–water partition coefficient (Wildman–Crippen LogP) is 3.72. The molecule has 0 aromatic carbocycles. The second kappa shape index (κ2) is 12.8. The predicted molar refractivity (Wildman–Crippen MR) is 128 cm³/mol. The highest BCUT2D eigenvalue weighted by Gasteiger charge is 2.35. The number of rotatable bonds is 8. The van der Waals surface area contributed by atoms with Crippen LogP contribution in [0.15, 0.2) is 4.99 Å². The minimum absolute atomic E-state index is 0. The third kappa shape index (κ3) is 9.72. The molecule has 0 atom stereocenters. The highest BCUT2D eigenvalue weighted by atomic mass is 127. The van der Waals surface area contributed by atoms with E-state index in [2.05, 4.69) is 17.1 Å². The van der Waals surface area contributed by atoms with E-state index in [1.54, 1.807) is 7.11 Å². The standard InChI is InChI=1S/C21H40N4O3.HI/c1-6-22-19(23-12-7-15-27-5)24-13-10-18(11-14-24)25(16-17-8-9-17)20(26)28-21(2,3)4;/h17-18H,6-16H2,1-5H3,(H,22,23);1H. The first-order chi connectivity index (χ1) is 13.3. The van der Waals surface area contributed by atoms with Gasteiger partial charge >= 0.3 is 6.09 Å². The van der Waals surface area contributed by atoms with Crippen molar-refractivity contribution in [2.45, 2.75) is 71.4 Å². The van der Waals surface area contributed by atoms with Gasteiger partial charge in [0.1, 0.15) is 5.60 Å². The number of piperidine rings is 1. The molecule has 0 unspecified atom stereocenters. The van der Waals surface area contributed by atoms with E-state index in [1.165, 1.54) is 12.8 Å². The second-order valence-corrected chi connectivity index (χ2v) is 8.88. The van der Waals surface area contributed by atoms with E-state index in [-0.39, 0.29) is 36.1 Å². The van der Waals surface area contributed by atoms with Crippen LogP contribution in [0.3, 0.4) is 0 Å². The lowest BCUT2D eigenvalue weighted by Crippen LogP contribution is -2.52. The van der Waals surface area contributed by atoms with E-state index in [0.717, 1.165) is 64.6 Å². The number of ether oxygens (including phenoxy) is 2. The number of hydrogen-bond donors (Lipinski definition) is 1. The Morgan fingerprint density at radius 3 is 2.38 bits per heavy atom. The van der Waals surface area contributed by atoms with Gasteiger partial charge in [-0.25, -0.2) is 4.79 Å². The number of halogens is 1. The van der Waals surface area contributed by atoms with Crippen molar-refractivity contribution in [2.24, 2.45) is 10.9 Å². The first kappa shape index (κ1) is 26.3. The smallest absolute Gasteiger partial charge is 0.410 e. The molecule has 0 bridgehead atoms. The van der Waals surface area contributed by atoms with Crippen LogP contribution in [0.25, 0.3) is 0 Å². The molecule has 0 aromatic rings. The van der Waals surface area contributed by atoms with Gasteiger partial charge in [-0.3, -0.25) is 4.99 Å². The fourth-order valence-electron chi connectivity index (χ4n) is 3.48. The third-order valence-corrected chi connectivity index (χ3v) is 5.09. The van der Waals surface area contributed by atoms with E-state index >= 15 is 0 Å². The van der Waals surface area contributed by atoms with Crippen molar-refractivity contribution in [2.75, 3.05) is 46.4 Å². The number of nitrogens with one attached hydrogen (secondary N) is 1. The minimum atomic E-state index is -0.452. The van der Waals surface area contributed by atoms with Crippen molar-refractivity contribution < 1.29 is 14.3 Å². The van der Waals surface area contributed by atoms with Crippen molar-refractivity contribution in [3.8, 4) is 0 Å². The molecule has 2 aliphatic rings. The zero-order valence-corrected chi connectivity index (χ0v) is 21.2. The number of nitrogens with zero attached hydrogens (tertiary/aromatic N) is 3. The van der Waals surface area contributed by atoms with Gasteiger partial charge in [0, 0.05) is 52.5 Å². The molecule has 1 saturated carbocycles. The fourth-order valence-corrected chi connectivity index (χ4v) is 3.48. The summed E-state index contributed by atoms with van der Waals surface area (Å²) in [4.78, 5) is 21.8. The van der Waals surface area contributed by atoms with Gasteiger partial charge < -0.3 is 24.6 Å². The first-order valence-electron chi connectivity index (χ1n) is 10.9. The fraction of sp³-hybridized carbons (Fsp3) is 0.905. The van der Waals surface area contributed by atoms with Crippen molar-refractivity contribution >= 4 is 36.0 Å². The maximum atomic E-state index is 12.8. The number of likely N-dealkylation sites (tertiary alicyclic amines) is 1. The summed E-state index contributed by atoms with van der Waals surface area (Å²) >= 11 is 0. The lowest BCUT2D eigenvalue weighted by Gasteiger charge is -2.40. The van der Waals surface area contributed by atoms with Crippen LogP contribution < -0.4 is 5.32 Å². The summed E-state index contributed by atoms with van der Waals surface area (Å²) in [5.41, 5.74) is -0.452. The Bertz CT molecular complexity index is 513. The average Bonchev–Trinajstić information content (AvgIpc) is 3.45. The van der Waals surface area contributed by atoms with E-state index in [9.17, 15) is 4.79 Å². The number of carbonyl (C=O) groups excluding carboxylic acids is 1. The van der Waals surface area contributed by atoms with Gasteiger partial charge in [0.15, 0.2) is 5.96 Å². The van der Waals surface area contributed by atoms with Gasteiger partial charge in [-0.05, 0) is 65.7 Å². The van der Waals surface area contributed by atoms with Crippen molar-refractivity contribution in [3.63, 3.8) is 0 Å². The summed E-state index contributed by atoms with van der Waals surface area (Å²) in [7, 11) is 1.72. The third-order valence-electron chi connectivity index (χ3n) is 5.09. The SMILES string of the molecule is CCNC(=NCCCOC)N1CCC(N(CC2CC2)C(=O)OC(C)(C)C)CC1.I. The molecule has 1 saturated heterocycles. The van der Waals surface area contributed by atoms with Gasteiger partial charge in [0.05, 0.1) is 0 Å². The van der Waals surface area contributed by atoms with Crippen LogP contribution in [0.2, 0.25) is 0 Å². The quantitative estimate of drug-likeness (QED) is 0.227. The van der Waals surface area contributed by atoms with Crippen LogP contribution in [-0.4, -0.2) is 79.9 Å². The van der Waals surface area contributed by atoms with Crippen LogP contribution in [-0.2, 0) is 9.47 Å². The Kier molecular flexibility index (Phi) is 11.6. The van der Waals surface area contributed by atoms with Crippen LogP contribution in [0.1, 0.15) is 59.8 Å². The minimum Gasteiger partial charge on any atom is -0.444 e. The molecule has 1 N–H and O–H groups in total. The molecule has 170 valence electrons. The second-order valence-electron chi connectivity index (χ2n) is 8.88. The Hall–Kier alpha value is -0.770. The normalized spacial score (nSPS) is 18.2. The summed E-state index contributed by atoms with van der Waals surface area (Å²) in [5.74, 6) is 1.63. The molecule has 29 heavy (non-hydrogen) atoms. The van der Waals surface area contributed by atoms with Gasteiger partial charge in [0.2, 0.25) is 0 Å². The number of aliphatic imine (C=N–C) groups is 1. The highest BCUT2D eigenvalue weighted by Crippen LogP contribution is 2.32. The summed E-state index contributed by atoms with van der Waals surface area (Å²) in [6.45, 7) is 12.9. The Morgan fingerprint density at radius 2 is 1.86 bits per heavy atom. The largest absolute Gasteiger partial charge is 0.444 e. The van der Waals surface area contributed by atoms with Gasteiger partial charge in [-0.1, -0.05) is 0 Å². The van der Waals surface area contributed by atoms with Gasteiger partial charge in [-0.2, -0.15) is 0 Å². The monoisotopic (exact) mass is 524 g/mol. The highest BCUT2D eigenvalue weighted by molar-refractivity contribution is 14.0. The molecule has 2 rings (SSSR count). The molecule has 7 nitrogen and oxygen atoms in total. The molecule has 0 aromatic heterocycles. The van der Waals surface area contributed by atoms with Gasteiger partial charge in [0.25, 0.3) is 0 Å². The van der Waals surface area contributed by atoms with Crippen LogP contribution in [0, 0.1) is 5.92 Å². The molecular weight excluding hydrogens is 483 g/mol. The van der Waals surface area contributed by atoms with Crippen LogP contribution in [0.4, 0.5) is 4.79 Å². The molecule has 1 aliphatic carbocycles. The maximum Gasteiger partial charge on any atom is 0.410 e. The number of hydrogen-bond acceptors (Lipinski definition) is 4. The van der Waals surface area contributed by atoms with Crippen molar-refractivity contribution in [3.05, 3.63) is 0 Å². The summed E-state index contributed by atoms with van der Waals surface area (Å²) in [6.07, 6.45) is 5.14. The summed E-state index contributed by atoms with van der Waals surface area (Å²) < 4.78 is 10.8. The molecule has 0 spiro atoms. The molecular formula is C21H41IN4O3. The Labute approximate surface area is 194 Å². The summed E-state index contributed by atoms with van der Waals surface area (Å²) in [5, 5.41) is 3.40. The lowest BCUT2D eigenvalue weighted by molar-refractivity contribution is 0.00928. The van der Waals surface area contributed by atoms with E-state index in [4.69, 9.17) is 14.5 Å². The lowest BCUT2D eigenvalue weighted by atomic mass is 10.0. The number of guanidine groups is 1. The van der Waals surface area contributed by atoms with Crippen LogP contribution in [0.5, 0.6) is 0 Å². The molecule has 0 radical (unpaired) electrons. The van der Waals surface area contributed by atoms with E-state index in [0.29, 0.717) is 5.92 Å². The molecule has 1 heterocycles. The maximum absolute atomic E-state index is 12.8. The van der Waals surface area contributed by atoms with Crippen molar-refractivity contribution in [1.29, 1.82) is 0 Å². The zero-order valence-electron chi connectivity index (χ0n) is 18.9. The number of amides is 1. The van der Waals surface area contributed by atoms with E-state index in [1.807, 2.05) is 25.7 Å². The van der Waals surface area contributed by atoms with Crippen LogP contribution >= 0.6 is 24.0 Å². The topological polar surface area (TPSA) is 66.4 Å². The van der Waals surface area contributed by atoms with E-state index < -0.39 is 5.60 Å². The molecule has 8 heteroatoms. The molecule has 2 fully saturated rings.